The van der Waals surface area contributed by atoms with E-state index < -0.39 is 11.6 Å². The molecule has 0 spiro atoms. The molecule has 1 N–H and O–H groups in total. The first kappa shape index (κ1) is 13.6. The Bertz CT molecular complexity index is 655. The minimum atomic E-state index is -0.492. The lowest BCUT2D eigenvalue weighted by Gasteiger charge is -2.36. The van der Waals surface area contributed by atoms with Crippen LogP contribution in [0.4, 0.5) is 8.78 Å². The van der Waals surface area contributed by atoms with Crippen LogP contribution in [0.2, 0.25) is 0 Å². The molecule has 3 rings (SSSR count). The quantitative estimate of drug-likeness (QED) is 0.796. The van der Waals surface area contributed by atoms with Crippen LogP contribution in [0.25, 0.3) is 10.9 Å². The Kier molecular flexibility index (Phi) is 3.11. The Morgan fingerprint density at radius 3 is 2.75 bits per heavy atom. The van der Waals surface area contributed by atoms with Crippen molar-refractivity contribution in [2.24, 2.45) is 11.3 Å². The molecule has 0 fully saturated rings. The lowest BCUT2D eigenvalue weighted by Crippen LogP contribution is -2.28. The van der Waals surface area contributed by atoms with Gasteiger partial charge in [-0.2, -0.15) is 0 Å². The first-order valence-corrected chi connectivity index (χ1v) is 7.41. The minimum absolute atomic E-state index is 0.271. The maximum Gasteiger partial charge on any atom is 0.150 e. The highest BCUT2D eigenvalue weighted by molar-refractivity contribution is 5.85. The first-order valence-electron chi connectivity index (χ1n) is 7.41. The molecule has 20 heavy (non-hydrogen) atoms. The van der Waals surface area contributed by atoms with Gasteiger partial charge in [0.15, 0.2) is 0 Å². The fourth-order valence-electron chi connectivity index (χ4n) is 3.40. The third kappa shape index (κ3) is 2.04. The Balaban J connectivity index is 2.09. The summed E-state index contributed by atoms with van der Waals surface area (Å²) in [5.74, 6) is -0.403. The summed E-state index contributed by atoms with van der Waals surface area (Å²) in [6, 6.07) is 2.42. The third-order valence-electron chi connectivity index (χ3n) is 5.23. The fourth-order valence-corrected chi connectivity index (χ4v) is 3.40. The normalized spacial score (nSPS) is 19.4. The highest BCUT2D eigenvalue weighted by Gasteiger charge is 2.32. The molecule has 1 unspecified atom stereocenters. The largest absolute Gasteiger partial charge is 0.356 e. The van der Waals surface area contributed by atoms with Crippen molar-refractivity contribution in [3.05, 3.63) is 35.0 Å². The molecule has 3 heteroatoms. The second-order valence-corrected chi connectivity index (χ2v) is 6.67. The zero-order valence-corrected chi connectivity index (χ0v) is 12.3. The third-order valence-corrected chi connectivity index (χ3v) is 5.23. The standard InChI is InChI=1S/C17H21F2N/c1-4-17(2,3)10-5-6-15-12(7-10)13-8-11(18)9-14(19)16(13)20-15/h8-10,20H,4-7H2,1-3H3. The first-order chi connectivity index (χ1) is 9.42. The average molecular weight is 277 g/mol. The van der Waals surface area contributed by atoms with Gasteiger partial charge in [-0.25, -0.2) is 8.78 Å². The molecule has 0 saturated carbocycles. The fraction of sp³-hybridized carbons (Fsp3) is 0.529. The van der Waals surface area contributed by atoms with Gasteiger partial charge in [-0.1, -0.05) is 27.2 Å². The zero-order chi connectivity index (χ0) is 14.5. The lowest BCUT2D eigenvalue weighted by molar-refractivity contribution is 0.183. The van der Waals surface area contributed by atoms with Crippen LogP contribution in [-0.2, 0) is 12.8 Å². The van der Waals surface area contributed by atoms with Crippen molar-refractivity contribution < 1.29 is 8.78 Å². The maximum atomic E-state index is 13.9. The predicted octanol–water partition coefficient (Wildman–Crippen LogP) is 4.99. The number of aromatic nitrogens is 1. The van der Waals surface area contributed by atoms with Crippen LogP contribution in [0.5, 0.6) is 0 Å². The molecule has 1 nitrogen and oxygen atoms in total. The molecular weight excluding hydrogens is 256 g/mol. The van der Waals surface area contributed by atoms with E-state index in [9.17, 15) is 8.78 Å². The van der Waals surface area contributed by atoms with Gasteiger partial charge in [0, 0.05) is 17.1 Å². The summed E-state index contributed by atoms with van der Waals surface area (Å²) >= 11 is 0. The number of hydrogen-bond donors (Lipinski definition) is 1. The summed E-state index contributed by atoms with van der Waals surface area (Å²) in [6.07, 6.45) is 4.08. The van der Waals surface area contributed by atoms with Crippen LogP contribution < -0.4 is 0 Å². The van der Waals surface area contributed by atoms with Crippen molar-refractivity contribution in [1.82, 2.24) is 4.98 Å². The molecule has 1 aromatic carbocycles. The molecule has 1 atom stereocenters. The smallest absolute Gasteiger partial charge is 0.150 e. The van der Waals surface area contributed by atoms with Gasteiger partial charge < -0.3 is 4.98 Å². The summed E-state index contributed by atoms with van der Waals surface area (Å²) in [5, 5.41) is 0.731. The van der Waals surface area contributed by atoms with Gasteiger partial charge >= 0.3 is 0 Å². The van der Waals surface area contributed by atoms with Gasteiger partial charge in [-0.3, -0.25) is 0 Å². The number of halogens is 2. The van der Waals surface area contributed by atoms with E-state index in [1.165, 1.54) is 6.07 Å². The molecule has 0 aliphatic heterocycles. The highest BCUT2D eigenvalue weighted by atomic mass is 19.1. The number of hydrogen-bond acceptors (Lipinski definition) is 0. The minimum Gasteiger partial charge on any atom is -0.356 e. The van der Waals surface area contributed by atoms with Crippen molar-refractivity contribution in [2.45, 2.75) is 46.5 Å². The van der Waals surface area contributed by atoms with Crippen molar-refractivity contribution in [1.29, 1.82) is 0 Å². The maximum absolute atomic E-state index is 13.9. The molecule has 0 bridgehead atoms. The van der Waals surface area contributed by atoms with Gasteiger partial charge in [0.1, 0.15) is 11.6 Å². The van der Waals surface area contributed by atoms with Gasteiger partial charge in [-0.15, -0.1) is 0 Å². The number of benzene rings is 1. The van der Waals surface area contributed by atoms with Crippen LogP contribution >= 0.6 is 0 Å². The summed E-state index contributed by atoms with van der Waals surface area (Å²) < 4.78 is 27.3. The van der Waals surface area contributed by atoms with E-state index in [0.717, 1.165) is 48.4 Å². The number of rotatable bonds is 2. The van der Waals surface area contributed by atoms with Gasteiger partial charge in [-0.05, 0) is 42.2 Å². The van der Waals surface area contributed by atoms with Crippen LogP contribution in [-0.4, -0.2) is 4.98 Å². The van der Waals surface area contributed by atoms with Crippen molar-refractivity contribution in [2.75, 3.05) is 0 Å². The monoisotopic (exact) mass is 277 g/mol. The molecule has 108 valence electrons. The lowest BCUT2D eigenvalue weighted by atomic mass is 9.69. The zero-order valence-electron chi connectivity index (χ0n) is 12.3. The van der Waals surface area contributed by atoms with E-state index in [1.54, 1.807) is 0 Å². The number of aromatic amines is 1. The van der Waals surface area contributed by atoms with Gasteiger partial charge in [0.2, 0.25) is 0 Å². The summed E-state index contributed by atoms with van der Waals surface area (Å²) in [7, 11) is 0. The molecule has 0 saturated heterocycles. The van der Waals surface area contributed by atoms with Crippen LogP contribution in [0, 0.1) is 23.0 Å². The van der Waals surface area contributed by atoms with E-state index in [1.807, 2.05) is 0 Å². The molecule has 2 aromatic rings. The molecular formula is C17H21F2N. The predicted molar refractivity (Wildman–Crippen MR) is 77.8 cm³/mol. The van der Waals surface area contributed by atoms with E-state index in [4.69, 9.17) is 0 Å². The second-order valence-electron chi connectivity index (χ2n) is 6.67. The highest BCUT2D eigenvalue weighted by Crippen LogP contribution is 2.42. The van der Waals surface area contributed by atoms with E-state index in [2.05, 4.69) is 25.8 Å². The van der Waals surface area contributed by atoms with E-state index in [0.29, 0.717) is 11.4 Å². The van der Waals surface area contributed by atoms with Crippen molar-refractivity contribution in [3.63, 3.8) is 0 Å². The Labute approximate surface area is 118 Å². The Morgan fingerprint density at radius 2 is 2.05 bits per heavy atom. The summed E-state index contributed by atoms with van der Waals surface area (Å²) in [6.45, 7) is 6.79. The van der Waals surface area contributed by atoms with E-state index in [-0.39, 0.29) is 5.41 Å². The Morgan fingerprint density at radius 1 is 1.30 bits per heavy atom. The summed E-state index contributed by atoms with van der Waals surface area (Å²) in [5.41, 5.74) is 2.95. The van der Waals surface area contributed by atoms with Crippen molar-refractivity contribution in [3.8, 4) is 0 Å². The average Bonchev–Trinajstić information content (AvgIpc) is 2.77. The molecule has 0 amide bonds. The van der Waals surface area contributed by atoms with Crippen LogP contribution in [0.3, 0.4) is 0 Å². The summed E-state index contributed by atoms with van der Waals surface area (Å²) in [4.78, 5) is 3.16. The SMILES string of the molecule is CCC(C)(C)C1CCc2[nH]c3c(F)cc(F)cc3c2C1. The van der Waals surface area contributed by atoms with Crippen molar-refractivity contribution >= 4 is 10.9 Å². The molecule has 0 radical (unpaired) electrons. The number of H-pyrrole nitrogens is 1. The topological polar surface area (TPSA) is 15.8 Å². The van der Waals surface area contributed by atoms with Gasteiger partial charge in [0.05, 0.1) is 5.52 Å². The molecule has 1 aliphatic carbocycles. The molecule has 1 aromatic heterocycles. The van der Waals surface area contributed by atoms with Crippen LogP contribution in [0.1, 0.15) is 44.9 Å². The van der Waals surface area contributed by atoms with Crippen LogP contribution in [0.15, 0.2) is 12.1 Å². The van der Waals surface area contributed by atoms with E-state index >= 15 is 0 Å². The number of fused-ring (bicyclic) bond motifs is 3. The molecule has 1 aliphatic rings. The number of nitrogens with one attached hydrogen (secondary N) is 1. The molecule has 1 heterocycles. The Hall–Kier alpha value is -1.38. The number of aryl methyl sites for hydroxylation is 1. The second kappa shape index (κ2) is 4.57. The van der Waals surface area contributed by atoms with Gasteiger partial charge in [0.25, 0.3) is 0 Å².